The molecule has 0 unspecified atom stereocenters. The largest absolute Gasteiger partial charge is 0.490 e. The third-order valence-electron chi connectivity index (χ3n) is 4.96. The Morgan fingerprint density at radius 3 is 2.03 bits per heavy atom. The predicted molar refractivity (Wildman–Crippen MR) is 119 cm³/mol. The number of ether oxygens (including phenoxy) is 3. The van der Waals surface area contributed by atoms with Crippen LogP contribution in [0.5, 0.6) is 17.2 Å². The molecular formula is C23H29N3O5. The summed E-state index contributed by atoms with van der Waals surface area (Å²) in [6, 6.07) is 9.02. The van der Waals surface area contributed by atoms with Crippen LogP contribution in [0.1, 0.15) is 36.7 Å². The minimum atomic E-state index is -0.257. The molecule has 1 heterocycles. The Balaban J connectivity index is 1.85. The Hall–Kier alpha value is -3.42. The Bertz CT molecular complexity index is 1120. The van der Waals surface area contributed by atoms with Crippen molar-refractivity contribution in [1.82, 2.24) is 14.5 Å². The van der Waals surface area contributed by atoms with E-state index in [1.54, 1.807) is 35.4 Å². The van der Waals surface area contributed by atoms with Crippen LogP contribution in [0.25, 0.3) is 11.0 Å². The predicted octanol–water partition coefficient (Wildman–Crippen LogP) is 3.00. The molecule has 0 saturated heterocycles. The zero-order chi connectivity index (χ0) is 22.5. The van der Waals surface area contributed by atoms with E-state index in [9.17, 15) is 9.59 Å². The number of carbonyl (C=O) groups excluding carboxylic acids is 1. The number of imidazole rings is 1. The van der Waals surface area contributed by atoms with Crippen molar-refractivity contribution in [3.8, 4) is 17.2 Å². The summed E-state index contributed by atoms with van der Waals surface area (Å²) in [4.78, 5) is 25.0. The Kier molecular flexibility index (Phi) is 6.89. The van der Waals surface area contributed by atoms with Crippen molar-refractivity contribution in [3.05, 3.63) is 51.9 Å². The number of carbonyl (C=O) groups is 1. The van der Waals surface area contributed by atoms with Crippen LogP contribution in [0.3, 0.4) is 0 Å². The SMILES string of the molecule is CCOc1cc(C(=O)NCc2ccc3c(c2)n(C)c(=O)n3C)cc(OCC)c1OCC. The first kappa shape index (κ1) is 22.3. The minimum absolute atomic E-state index is 0.0857. The fraction of sp³-hybridized carbons (Fsp3) is 0.391. The summed E-state index contributed by atoms with van der Waals surface area (Å²) in [6.45, 7) is 7.27. The minimum Gasteiger partial charge on any atom is -0.490 e. The molecule has 1 aromatic heterocycles. The number of hydrogen-bond donors (Lipinski definition) is 1. The number of aryl methyl sites for hydroxylation is 2. The molecule has 3 rings (SSSR count). The lowest BCUT2D eigenvalue weighted by atomic mass is 10.1. The van der Waals surface area contributed by atoms with E-state index >= 15 is 0 Å². The summed E-state index contributed by atoms with van der Waals surface area (Å²) in [7, 11) is 3.47. The van der Waals surface area contributed by atoms with Crippen molar-refractivity contribution >= 4 is 16.9 Å². The van der Waals surface area contributed by atoms with Gasteiger partial charge in [-0.25, -0.2) is 4.79 Å². The molecule has 8 nitrogen and oxygen atoms in total. The van der Waals surface area contributed by atoms with Crippen LogP contribution in [0.15, 0.2) is 35.1 Å². The van der Waals surface area contributed by atoms with Gasteiger partial charge in [-0.2, -0.15) is 0 Å². The van der Waals surface area contributed by atoms with E-state index in [0.717, 1.165) is 16.6 Å². The first-order valence-corrected chi connectivity index (χ1v) is 10.4. The van der Waals surface area contributed by atoms with Crippen molar-refractivity contribution in [3.63, 3.8) is 0 Å². The summed E-state index contributed by atoms with van der Waals surface area (Å²) in [6.07, 6.45) is 0. The van der Waals surface area contributed by atoms with Crippen molar-refractivity contribution in [1.29, 1.82) is 0 Å². The molecule has 0 aliphatic heterocycles. The zero-order valence-corrected chi connectivity index (χ0v) is 18.7. The van der Waals surface area contributed by atoms with Crippen molar-refractivity contribution < 1.29 is 19.0 Å². The Morgan fingerprint density at radius 1 is 0.871 bits per heavy atom. The Labute approximate surface area is 181 Å². The summed E-state index contributed by atoms with van der Waals surface area (Å²) in [5.74, 6) is 1.19. The average molecular weight is 428 g/mol. The number of hydrogen-bond acceptors (Lipinski definition) is 5. The molecule has 0 saturated carbocycles. The summed E-state index contributed by atoms with van der Waals surface area (Å²) < 4.78 is 20.3. The summed E-state index contributed by atoms with van der Waals surface area (Å²) in [5, 5.41) is 2.93. The second kappa shape index (κ2) is 9.59. The second-order valence-electron chi connectivity index (χ2n) is 7.01. The zero-order valence-electron chi connectivity index (χ0n) is 18.7. The molecule has 0 aliphatic carbocycles. The van der Waals surface area contributed by atoms with Gasteiger partial charge >= 0.3 is 5.69 Å². The highest BCUT2D eigenvalue weighted by molar-refractivity contribution is 5.95. The molecule has 0 radical (unpaired) electrons. The summed E-state index contributed by atoms with van der Waals surface area (Å²) >= 11 is 0. The van der Waals surface area contributed by atoms with Crippen LogP contribution in [-0.2, 0) is 20.6 Å². The van der Waals surface area contributed by atoms with E-state index in [2.05, 4.69) is 5.32 Å². The molecule has 31 heavy (non-hydrogen) atoms. The molecule has 0 spiro atoms. The van der Waals surface area contributed by atoms with E-state index in [4.69, 9.17) is 14.2 Å². The van der Waals surface area contributed by atoms with E-state index in [1.165, 1.54) is 0 Å². The second-order valence-corrected chi connectivity index (χ2v) is 7.01. The number of rotatable bonds is 9. The molecule has 2 aromatic carbocycles. The molecule has 166 valence electrons. The fourth-order valence-electron chi connectivity index (χ4n) is 3.47. The highest BCUT2D eigenvalue weighted by Crippen LogP contribution is 2.39. The van der Waals surface area contributed by atoms with Gasteiger partial charge in [-0.3, -0.25) is 13.9 Å². The third-order valence-corrected chi connectivity index (χ3v) is 4.96. The molecule has 3 aromatic rings. The normalized spacial score (nSPS) is 10.9. The Morgan fingerprint density at radius 2 is 1.45 bits per heavy atom. The van der Waals surface area contributed by atoms with Crippen LogP contribution >= 0.6 is 0 Å². The molecule has 1 amide bonds. The molecule has 0 fully saturated rings. The number of aromatic nitrogens is 2. The first-order chi connectivity index (χ1) is 14.9. The lowest BCUT2D eigenvalue weighted by molar-refractivity contribution is 0.0949. The number of benzene rings is 2. The monoisotopic (exact) mass is 427 g/mol. The van der Waals surface area contributed by atoms with Gasteiger partial charge in [0.25, 0.3) is 5.91 Å². The van der Waals surface area contributed by atoms with Crippen molar-refractivity contribution in [2.24, 2.45) is 14.1 Å². The van der Waals surface area contributed by atoms with Crippen molar-refractivity contribution in [2.75, 3.05) is 19.8 Å². The van der Waals surface area contributed by atoms with Gasteiger partial charge < -0.3 is 19.5 Å². The maximum atomic E-state index is 12.9. The average Bonchev–Trinajstić information content (AvgIpc) is 2.98. The van der Waals surface area contributed by atoms with Gasteiger partial charge in [-0.05, 0) is 50.6 Å². The number of fused-ring (bicyclic) bond motifs is 1. The van der Waals surface area contributed by atoms with Gasteiger partial charge in [0.2, 0.25) is 5.75 Å². The van der Waals surface area contributed by atoms with Gasteiger partial charge in [-0.1, -0.05) is 6.07 Å². The molecular weight excluding hydrogens is 398 g/mol. The van der Waals surface area contributed by atoms with Crippen LogP contribution in [-0.4, -0.2) is 34.9 Å². The molecule has 0 bridgehead atoms. The van der Waals surface area contributed by atoms with E-state index in [0.29, 0.717) is 49.2 Å². The quantitative estimate of drug-likeness (QED) is 0.568. The topological polar surface area (TPSA) is 83.7 Å². The van der Waals surface area contributed by atoms with Gasteiger partial charge in [0.05, 0.1) is 30.9 Å². The maximum Gasteiger partial charge on any atom is 0.328 e. The van der Waals surface area contributed by atoms with Crippen LogP contribution in [0.4, 0.5) is 0 Å². The van der Waals surface area contributed by atoms with Gasteiger partial charge in [-0.15, -0.1) is 0 Å². The third kappa shape index (κ3) is 4.52. The lowest BCUT2D eigenvalue weighted by Gasteiger charge is -2.17. The molecule has 8 heteroatoms. The highest BCUT2D eigenvalue weighted by atomic mass is 16.5. The van der Waals surface area contributed by atoms with Gasteiger partial charge in [0.15, 0.2) is 11.5 Å². The van der Waals surface area contributed by atoms with E-state index < -0.39 is 0 Å². The van der Waals surface area contributed by atoms with Crippen LogP contribution in [0, 0.1) is 0 Å². The number of nitrogens with zero attached hydrogens (tertiary/aromatic N) is 2. The van der Waals surface area contributed by atoms with E-state index in [-0.39, 0.29) is 11.6 Å². The fourth-order valence-corrected chi connectivity index (χ4v) is 3.47. The van der Waals surface area contributed by atoms with Gasteiger partial charge in [0.1, 0.15) is 0 Å². The van der Waals surface area contributed by atoms with E-state index in [1.807, 2.05) is 39.0 Å². The molecule has 0 atom stereocenters. The highest BCUT2D eigenvalue weighted by Gasteiger charge is 2.18. The summed E-state index contributed by atoms with van der Waals surface area (Å²) in [5.41, 5.74) is 2.89. The van der Waals surface area contributed by atoms with Crippen molar-refractivity contribution in [2.45, 2.75) is 27.3 Å². The smallest absolute Gasteiger partial charge is 0.328 e. The standard InChI is InChI=1S/C23H29N3O5/c1-6-29-19-12-16(13-20(30-7-2)21(19)31-8-3)22(27)24-14-15-9-10-17-18(11-15)26(5)23(28)25(17)4/h9-13H,6-8,14H2,1-5H3,(H,24,27). The first-order valence-electron chi connectivity index (χ1n) is 10.4. The number of nitrogens with one attached hydrogen (secondary N) is 1. The maximum absolute atomic E-state index is 12.9. The van der Waals surface area contributed by atoms with Gasteiger partial charge in [0, 0.05) is 26.2 Å². The lowest BCUT2D eigenvalue weighted by Crippen LogP contribution is -2.23. The molecule has 1 N–H and O–H groups in total. The molecule has 0 aliphatic rings. The van der Waals surface area contributed by atoms with Crippen LogP contribution < -0.4 is 25.2 Å². The number of amides is 1. The van der Waals surface area contributed by atoms with Crippen LogP contribution in [0.2, 0.25) is 0 Å².